The molecule has 2 aromatic carbocycles. The predicted molar refractivity (Wildman–Crippen MR) is 98.2 cm³/mol. The lowest BCUT2D eigenvalue weighted by Gasteiger charge is -2.11. The molecule has 1 N–H and O–H groups in total. The number of hydrogen-bond donors (Lipinski definition) is 1. The minimum absolute atomic E-state index is 0.716. The molecule has 0 radical (unpaired) electrons. The van der Waals surface area contributed by atoms with Crippen LogP contribution >= 0.6 is 0 Å². The molecule has 0 bridgehead atoms. The van der Waals surface area contributed by atoms with E-state index in [2.05, 4.69) is 71.1 Å². The summed E-state index contributed by atoms with van der Waals surface area (Å²) < 4.78 is 2.05. The Balaban J connectivity index is 1.52. The van der Waals surface area contributed by atoms with Gasteiger partial charge in [-0.2, -0.15) is 0 Å². The molecule has 2 heterocycles. The zero-order valence-electron chi connectivity index (χ0n) is 13.4. The molecule has 0 unspecified atom stereocenters. The highest BCUT2D eigenvalue weighted by molar-refractivity contribution is 5.53. The van der Waals surface area contributed by atoms with Crippen molar-refractivity contribution in [1.82, 2.24) is 9.38 Å². The third-order valence-electron chi connectivity index (χ3n) is 4.13. The number of pyridine rings is 1. The summed E-state index contributed by atoms with van der Waals surface area (Å²) >= 11 is 0. The van der Waals surface area contributed by atoms with Gasteiger partial charge < -0.3 is 9.72 Å². The zero-order chi connectivity index (χ0) is 16.2. The van der Waals surface area contributed by atoms with E-state index in [1.54, 1.807) is 0 Å². The molecule has 2 aromatic heterocycles. The lowest BCUT2D eigenvalue weighted by Crippen LogP contribution is -2.03. The highest BCUT2D eigenvalue weighted by atomic mass is 15.0. The first kappa shape index (κ1) is 14.5. The number of nitrogens with zero attached hydrogens (tertiary/aromatic N) is 2. The molecule has 118 valence electrons. The first-order chi connectivity index (χ1) is 11.9. The van der Waals surface area contributed by atoms with Crippen molar-refractivity contribution in [2.45, 2.75) is 13.0 Å². The van der Waals surface area contributed by atoms with Gasteiger partial charge in [-0.25, -0.2) is 4.98 Å². The highest BCUT2D eigenvalue weighted by Gasteiger charge is 2.05. The molecule has 24 heavy (non-hydrogen) atoms. The quantitative estimate of drug-likeness (QED) is 0.586. The summed E-state index contributed by atoms with van der Waals surface area (Å²) in [6.45, 7) is 0.716. The number of para-hydroxylation sites is 1. The fourth-order valence-corrected chi connectivity index (χ4v) is 2.92. The number of hydrogen-bond acceptors (Lipinski definition) is 2. The van der Waals surface area contributed by atoms with Crippen molar-refractivity contribution in [3.05, 3.63) is 102 Å². The second-order valence-corrected chi connectivity index (χ2v) is 5.87. The first-order valence-electron chi connectivity index (χ1n) is 8.17. The Morgan fingerprint density at radius 2 is 1.62 bits per heavy atom. The minimum Gasteiger partial charge on any atom is -0.379 e. The SMILES string of the molecule is c1ccc(Cc2ccccc2NCc2cn3ccccc3n2)cc1. The standard InChI is InChI=1S/C21H19N3/c1-2-8-17(9-3-1)14-18-10-4-5-11-20(18)22-15-19-16-24-13-7-6-12-21(24)23-19/h1-13,16,22H,14-15H2. The molecule has 0 spiro atoms. The van der Waals surface area contributed by atoms with Gasteiger partial charge in [0.1, 0.15) is 5.65 Å². The number of rotatable bonds is 5. The Bertz CT molecular complexity index is 908. The molecule has 3 heteroatoms. The number of aromatic nitrogens is 2. The van der Waals surface area contributed by atoms with Gasteiger partial charge in [0.05, 0.1) is 12.2 Å². The topological polar surface area (TPSA) is 29.3 Å². The molecule has 0 fully saturated rings. The molecular weight excluding hydrogens is 294 g/mol. The third-order valence-corrected chi connectivity index (χ3v) is 4.13. The van der Waals surface area contributed by atoms with Crippen LogP contribution in [0.1, 0.15) is 16.8 Å². The van der Waals surface area contributed by atoms with E-state index in [0.29, 0.717) is 6.54 Å². The van der Waals surface area contributed by atoms with Crippen LogP contribution in [0.4, 0.5) is 5.69 Å². The van der Waals surface area contributed by atoms with Crippen LogP contribution in [0.3, 0.4) is 0 Å². The van der Waals surface area contributed by atoms with Crippen LogP contribution in [0, 0.1) is 0 Å². The van der Waals surface area contributed by atoms with Gasteiger partial charge in [0.15, 0.2) is 0 Å². The average Bonchev–Trinajstić information content (AvgIpc) is 3.05. The Kier molecular flexibility index (Phi) is 3.98. The van der Waals surface area contributed by atoms with Crippen LogP contribution in [-0.2, 0) is 13.0 Å². The smallest absolute Gasteiger partial charge is 0.137 e. The Hall–Kier alpha value is -3.07. The largest absolute Gasteiger partial charge is 0.379 e. The van der Waals surface area contributed by atoms with Crippen LogP contribution in [0.25, 0.3) is 5.65 Å². The van der Waals surface area contributed by atoms with Crippen molar-refractivity contribution in [1.29, 1.82) is 0 Å². The molecular formula is C21H19N3. The highest BCUT2D eigenvalue weighted by Crippen LogP contribution is 2.20. The first-order valence-corrected chi connectivity index (χ1v) is 8.17. The van der Waals surface area contributed by atoms with Crippen molar-refractivity contribution >= 4 is 11.3 Å². The summed E-state index contributed by atoms with van der Waals surface area (Å²) in [5.41, 5.74) is 5.80. The molecule has 0 aliphatic rings. The van der Waals surface area contributed by atoms with E-state index in [0.717, 1.165) is 17.8 Å². The fraction of sp³-hybridized carbons (Fsp3) is 0.0952. The van der Waals surface area contributed by atoms with Crippen molar-refractivity contribution in [2.24, 2.45) is 0 Å². The van der Waals surface area contributed by atoms with Crippen molar-refractivity contribution in [3.8, 4) is 0 Å². The van der Waals surface area contributed by atoms with Gasteiger partial charge in [0, 0.05) is 18.1 Å². The van der Waals surface area contributed by atoms with Crippen LogP contribution in [0.5, 0.6) is 0 Å². The molecule has 4 rings (SSSR count). The molecule has 0 amide bonds. The van der Waals surface area contributed by atoms with Crippen molar-refractivity contribution < 1.29 is 0 Å². The molecule has 0 aliphatic heterocycles. The summed E-state index contributed by atoms with van der Waals surface area (Å²) in [4.78, 5) is 4.64. The Labute approximate surface area is 141 Å². The number of imidazole rings is 1. The normalized spacial score (nSPS) is 10.8. The van der Waals surface area contributed by atoms with Gasteiger partial charge in [-0.15, -0.1) is 0 Å². The Morgan fingerprint density at radius 3 is 2.50 bits per heavy atom. The molecule has 3 nitrogen and oxygen atoms in total. The fourth-order valence-electron chi connectivity index (χ4n) is 2.92. The van der Waals surface area contributed by atoms with E-state index in [4.69, 9.17) is 0 Å². The van der Waals surface area contributed by atoms with Crippen LogP contribution in [-0.4, -0.2) is 9.38 Å². The lowest BCUT2D eigenvalue weighted by molar-refractivity contribution is 1.06. The average molecular weight is 313 g/mol. The lowest BCUT2D eigenvalue weighted by atomic mass is 10.0. The maximum Gasteiger partial charge on any atom is 0.137 e. The van der Waals surface area contributed by atoms with Crippen molar-refractivity contribution in [2.75, 3.05) is 5.32 Å². The molecule has 0 saturated heterocycles. The second kappa shape index (κ2) is 6.59. The summed E-state index contributed by atoms with van der Waals surface area (Å²) in [5, 5.41) is 3.53. The van der Waals surface area contributed by atoms with E-state index in [1.165, 1.54) is 16.8 Å². The Morgan fingerprint density at radius 1 is 0.833 bits per heavy atom. The van der Waals surface area contributed by atoms with Gasteiger partial charge in [-0.3, -0.25) is 0 Å². The minimum atomic E-state index is 0.716. The van der Waals surface area contributed by atoms with E-state index in [9.17, 15) is 0 Å². The monoisotopic (exact) mass is 313 g/mol. The van der Waals surface area contributed by atoms with E-state index < -0.39 is 0 Å². The van der Waals surface area contributed by atoms with Crippen LogP contribution in [0.2, 0.25) is 0 Å². The number of benzene rings is 2. The van der Waals surface area contributed by atoms with E-state index >= 15 is 0 Å². The van der Waals surface area contributed by atoms with Gasteiger partial charge >= 0.3 is 0 Å². The van der Waals surface area contributed by atoms with E-state index in [-0.39, 0.29) is 0 Å². The third kappa shape index (κ3) is 3.15. The van der Waals surface area contributed by atoms with E-state index in [1.807, 2.05) is 28.8 Å². The zero-order valence-corrected chi connectivity index (χ0v) is 13.4. The maximum absolute atomic E-state index is 4.64. The van der Waals surface area contributed by atoms with Crippen LogP contribution in [0.15, 0.2) is 85.2 Å². The molecule has 0 atom stereocenters. The van der Waals surface area contributed by atoms with Crippen molar-refractivity contribution in [3.63, 3.8) is 0 Å². The van der Waals surface area contributed by atoms with Gasteiger partial charge in [0.2, 0.25) is 0 Å². The summed E-state index contributed by atoms with van der Waals surface area (Å²) in [7, 11) is 0. The predicted octanol–water partition coefficient (Wildman–Crippen LogP) is 4.54. The van der Waals surface area contributed by atoms with Gasteiger partial charge in [-0.1, -0.05) is 54.6 Å². The number of anilines is 1. The maximum atomic E-state index is 4.64. The van der Waals surface area contributed by atoms with Gasteiger partial charge in [0.25, 0.3) is 0 Å². The van der Waals surface area contributed by atoms with Gasteiger partial charge in [-0.05, 0) is 35.7 Å². The summed E-state index contributed by atoms with van der Waals surface area (Å²) in [5.74, 6) is 0. The summed E-state index contributed by atoms with van der Waals surface area (Å²) in [6.07, 6.45) is 5.02. The molecule has 4 aromatic rings. The second-order valence-electron chi connectivity index (χ2n) is 5.87. The summed E-state index contributed by atoms with van der Waals surface area (Å²) in [6, 6.07) is 25.1. The molecule has 0 aliphatic carbocycles. The van der Waals surface area contributed by atoms with Crippen LogP contribution < -0.4 is 5.32 Å². The molecule has 0 saturated carbocycles. The number of fused-ring (bicyclic) bond motifs is 1. The number of nitrogens with one attached hydrogen (secondary N) is 1.